The third-order valence-corrected chi connectivity index (χ3v) is 3.58. The number of aromatic amines is 1. The molecule has 0 aliphatic carbocycles. The molecule has 0 radical (unpaired) electrons. The molecule has 3 heterocycles. The molecule has 16 heavy (non-hydrogen) atoms. The number of hydrogen-bond donors (Lipinski definition) is 2. The maximum Gasteiger partial charge on any atom is 0.177 e. The largest absolute Gasteiger partial charge is 0.339 e. The standard InChI is InChI=1S/C11H13BrN4/c1-6-2-3-13-9(6)11-15-8-4-7(12)5-14-10(8)16-11/h4-6,9,13H,2-3H2,1H3,(H,14,15,16). The summed E-state index contributed by atoms with van der Waals surface area (Å²) in [4.78, 5) is 12.2. The van der Waals surface area contributed by atoms with Crippen molar-refractivity contribution in [1.82, 2.24) is 20.3 Å². The first-order valence-corrected chi connectivity index (χ1v) is 6.28. The van der Waals surface area contributed by atoms with E-state index in [4.69, 9.17) is 0 Å². The summed E-state index contributed by atoms with van der Waals surface area (Å²) >= 11 is 3.41. The maximum absolute atomic E-state index is 4.54. The van der Waals surface area contributed by atoms with Crippen molar-refractivity contribution in [3.8, 4) is 0 Å². The first-order valence-electron chi connectivity index (χ1n) is 5.48. The van der Waals surface area contributed by atoms with Gasteiger partial charge < -0.3 is 10.3 Å². The number of halogens is 1. The Morgan fingerprint density at radius 2 is 2.38 bits per heavy atom. The van der Waals surface area contributed by atoms with Crippen LogP contribution in [0.25, 0.3) is 11.2 Å². The molecule has 0 aromatic carbocycles. The van der Waals surface area contributed by atoms with Crippen LogP contribution in [0.4, 0.5) is 0 Å². The van der Waals surface area contributed by atoms with Crippen LogP contribution in [0.15, 0.2) is 16.7 Å². The minimum Gasteiger partial charge on any atom is -0.339 e. The fraction of sp³-hybridized carbons (Fsp3) is 0.455. The van der Waals surface area contributed by atoms with Crippen LogP contribution in [0.5, 0.6) is 0 Å². The lowest BCUT2D eigenvalue weighted by Crippen LogP contribution is -2.17. The highest BCUT2D eigenvalue weighted by Crippen LogP contribution is 2.28. The highest BCUT2D eigenvalue weighted by Gasteiger charge is 2.26. The van der Waals surface area contributed by atoms with Crippen molar-refractivity contribution in [2.24, 2.45) is 5.92 Å². The summed E-state index contributed by atoms with van der Waals surface area (Å²) in [5.74, 6) is 1.63. The fourth-order valence-electron chi connectivity index (χ4n) is 2.24. The van der Waals surface area contributed by atoms with Crippen molar-refractivity contribution < 1.29 is 0 Å². The van der Waals surface area contributed by atoms with Gasteiger partial charge in [-0.05, 0) is 40.9 Å². The fourth-order valence-corrected chi connectivity index (χ4v) is 2.57. The molecule has 1 aliphatic heterocycles. The molecule has 2 atom stereocenters. The predicted octanol–water partition coefficient (Wildman–Crippen LogP) is 2.39. The summed E-state index contributed by atoms with van der Waals surface area (Å²) in [6, 6.07) is 2.35. The average Bonchev–Trinajstić information content (AvgIpc) is 2.82. The van der Waals surface area contributed by atoms with Gasteiger partial charge in [0.05, 0.1) is 11.6 Å². The number of rotatable bonds is 1. The van der Waals surface area contributed by atoms with Gasteiger partial charge in [0.2, 0.25) is 0 Å². The van der Waals surface area contributed by atoms with Crippen molar-refractivity contribution in [3.05, 3.63) is 22.6 Å². The molecule has 0 bridgehead atoms. The quantitative estimate of drug-likeness (QED) is 0.844. The second-order valence-electron chi connectivity index (χ2n) is 4.34. The molecule has 0 spiro atoms. The normalized spacial score (nSPS) is 25.4. The highest BCUT2D eigenvalue weighted by molar-refractivity contribution is 9.10. The molecular weight excluding hydrogens is 268 g/mol. The molecule has 5 heteroatoms. The molecule has 0 amide bonds. The van der Waals surface area contributed by atoms with Gasteiger partial charge in [0, 0.05) is 10.7 Å². The average molecular weight is 281 g/mol. The molecule has 1 saturated heterocycles. The van der Waals surface area contributed by atoms with E-state index in [-0.39, 0.29) is 0 Å². The van der Waals surface area contributed by atoms with Crippen LogP contribution in [-0.4, -0.2) is 21.5 Å². The van der Waals surface area contributed by atoms with E-state index in [1.165, 1.54) is 6.42 Å². The third kappa shape index (κ3) is 1.64. The van der Waals surface area contributed by atoms with E-state index in [0.29, 0.717) is 12.0 Å². The van der Waals surface area contributed by atoms with Crippen molar-refractivity contribution >= 4 is 27.1 Å². The SMILES string of the molecule is CC1CCNC1c1nc2ncc(Br)cc2[nH]1. The first-order chi connectivity index (χ1) is 7.74. The van der Waals surface area contributed by atoms with Crippen molar-refractivity contribution in [1.29, 1.82) is 0 Å². The van der Waals surface area contributed by atoms with Crippen LogP contribution in [0.1, 0.15) is 25.2 Å². The number of nitrogens with one attached hydrogen (secondary N) is 2. The smallest absolute Gasteiger partial charge is 0.177 e. The summed E-state index contributed by atoms with van der Waals surface area (Å²) in [5, 5.41) is 3.46. The number of pyridine rings is 1. The van der Waals surface area contributed by atoms with Gasteiger partial charge in [0.1, 0.15) is 5.82 Å². The summed E-state index contributed by atoms with van der Waals surface area (Å²) in [6.07, 6.45) is 2.98. The number of imidazole rings is 1. The number of hydrogen-bond acceptors (Lipinski definition) is 3. The molecule has 1 aliphatic rings. The Morgan fingerprint density at radius 3 is 3.12 bits per heavy atom. The maximum atomic E-state index is 4.54. The van der Waals surface area contributed by atoms with Crippen molar-refractivity contribution in [2.45, 2.75) is 19.4 Å². The van der Waals surface area contributed by atoms with Gasteiger partial charge in [-0.1, -0.05) is 6.92 Å². The highest BCUT2D eigenvalue weighted by atomic mass is 79.9. The number of H-pyrrole nitrogens is 1. The Kier molecular flexibility index (Phi) is 2.44. The summed E-state index contributed by atoms with van der Waals surface area (Å²) in [7, 11) is 0. The molecule has 84 valence electrons. The van der Waals surface area contributed by atoms with E-state index in [9.17, 15) is 0 Å². The van der Waals surface area contributed by atoms with E-state index in [1.807, 2.05) is 6.07 Å². The van der Waals surface area contributed by atoms with Gasteiger partial charge >= 0.3 is 0 Å². The Labute approximate surface area is 102 Å². The van der Waals surface area contributed by atoms with E-state index >= 15 is 0 Å². The Balaban J connectivity index is 2.04. The summed E-state index contributed by atoms with van der Waals surface area (Å²) in [5.41, 5.74) is 1.78. The zero-order valence-electron chi connectivity index (χ0n) is 9.00. The van der Waals surface area contributed by atoms with E-state index in [2.05, 4.69) is 43.1 Å². The zero-order valence-corrected chi connectivity index (χ0v) is 10.6. The zero-order chi connectivity index (χ0) is 11.1. The third-order valence-electron chi connectivity index (χ3n) is 3.15. The topological polar surface area (TPSA) is 53.6 Å². The number of nitrogens with zero attached hydrogens (tertiary/aromatic N) is 2. The monoisotopic (exact) mass is 280 g/mol. The summed E-state index contributed by atoms with van der Waals surface area (Å²) in [6.45, 7) is 3.32. The predicted molar refractivity (Wildman–Crippen MR) is 66.1 cm³/mol. The molecular formula is C11H13BrN4. The minimum absolute atomic E-state index is 0.341. The van der Waals surface area contributed by atoms with Crippen LogP contribution >= 0.6 is 15.9 Å². The Bertz CT molecular complexity index is 522. The number of aromatic nitrogens is 3. The number of fused-ring (bicyclic) bond motifs is 1. The van der Waals surface area contributed by atoms with Gasteiger partial charge in [-0.15, -0.1) is 0 Å². The first kappa shape index (κ1) is 10.2. The van der Waals surface area contributed by atoms with Crippen LogP contribution < -0.4 is 5.32 Å². The van der Waals surface area contributed by atoms with Crippen LogP contribution in [-0.2, 0) is 0 Å². The van der Waals surface area contributed by atoms with Crippen molar-refractivity contribution in [2.75, 3.05) is 6.54 Å². The Morgan fingerprint density at radius 1 is 1.50 bits per heavy atom. The van der Waals surface area contributed by atoms with Gasteiger partial charge in [0.15, 0.2) is 5.65 Å². The van der Waals surface area contributed by atoms with E-state index < -0.39 is 0 Å². The lowest BCUT2D eigenvalue weighted by atomic mass is 10.0. The molecule has 2 N–H and O–H groups in total. The van der Waals surface area contributed by atoms with Crippen LogP contribution in [0, 0.1) is 5.92 Å². The second-order valence-corrected chi connectivity index (χ2v) is 5.26. The van der Waals surface area contributed by atoms with Gasteiger partial charge in [0.25, 0.3) is 0 Å². The molecule has 2 aromatic rings. The van der Waals surface area contributed by atoms with Gasteiger partial charge in [-0.25, -0.2) is 9.97 Å². The summed E-state index contributed by atoms with van der Waals surface area (Å²) < 4.78 is 0.975. The van der Waals surface area contributed by atoms with Crippen LogP contribution in [0.2, 0.25) is 0 Å². The van der Waals surface area contributed by atoms with Crippen molar-refractivity contribution in [3.63, 3.8) is 0 Å². The molecule has 2 unspecified atom stereocenters. The molecule has 1 fully saturated rings. The lowest BCUT2D eigenvalue weighted by molar-refractivity contribution is 0.484. The molecule has 2 aromatic heterocycles. The van der Waals surface area contributed by atoms with E-state index in [0.717, 1.165) is 28.0 Å². The van der Waals surface area contributed by atoms with Crippen LogP contribution in [0.3, 0.4) is 0 Å². The van der Waals surface area contributed by atoms with Gasteiger partial charge in [-0.3, -0.25) is 0 Å². The molecule has 0 saturated carbocycles. The van der Waals surface area contributed by atoms with Gasteiger partial charge in [-0.2, -0.15) is 0 Å². The molecule has 3 rings (SSSR count). The Hall–Kier alpha value is -0.940. The minimum atomic E-state index is 0.341. The van der Waals surface area contributed by atoms with E-state index in [1.54, 1.807) is 6.20 Å². The molecule has 4 nitrogen and oxygen atoms in total. The second kappa shape index (κ2) is 3.82. The lowest BCUT2D eigenvalue weighted by Gasteiger charge is -2.11.